The molecule has 1 aliphatic heterocycles. The number of aromatic nitrogens is 3. The molecule has 4 rings (SSSR count). The van der Waals surface area contributed by atoms with E-state index in [4.69, 9.17) is 4.74 Å². The summed E-state index contributed by atoms with van der Waals surface area (Å²) in [5.41, 5.74) is 1.25. The lowest BCUT2D eigenvalue weighted by Crippen LogP contribution is -2.33. The lowest BCUT2D eigenvalue weighted by atomic mass is 9.91. The lowest BCUT2D eigenvalue weighted by Gasteiger charge is -2.25. The fraction of sp³-hybridized carbons (Fsp3) is 0.348. The number of aliphatic hydroxyl groups is 1. The van der Waals surface area contributed by atoms with Crippen LogP contribution in [0.2, 0.25) is 0 Å². The van der Waals surface area contributed by atoms with Crippen LogP contribution in [0.3, 0.4) is 0 Å². The molecule has 0 aliphatic carbocycles. The number of amides is 1. The van der Waals surface area contributed by atoms with Crippen molar-refractivity contribution in [3.05, 3.63) is 71.7 Å². The molecule has 0 spiro atoms. The van der Waals surface area contributed by atoms with E-state index in [1.165, 1.54) is 11.8 Å². The quantitative estimate of drug-likeness (QED) is 0.595. The molecule has 1 unspecified atom stereocenters. The van der Waals surface area contributed by atoms with Gasteiger partial charge in [0.15, 0.2) is 0 Å². The summed E-state index contributed by atoms with van der Waals surface area (Å²) in [6, 6.07) is 11.2. The monoisotopic (exact) mass is 438 g/mol. The van der Waals surface area contributed by atoms with Crippen LogP contribution in [0.5, 0.6) is 5.75 Å². The number of rotatable bonds is 6. The Hall–Kier alpha value is -2.84. The van der Waals surface area contributed by atoms with Crippen molar-refractivity contribution < 1.29 is 14.6 Å². The second kappa shape index (κ2) is 9.11. The van der Waals surface area contributed by atoms with Gasteiger partial charge in [-0.2, -0.15) is 5.10 Å². The highest BCUT2D eigenvalue weighted by Crippen LogP contribution is 2.32. The highest BCUT2D eigenvalue weighted by Gasteiger charge is 2.27. The second-order valence-corrected chi connectivity index (χ2v) is 8.55. The van der Waals surface area contributed by atoms with E-state index < -0.39 is 5.60 Å². The molecule has 0 saturated heterocycles. The minimum atomic E-state index is -1.03. The van der Waals surface area contributed by atoms with E-state index in [1.54, 1.807) is 35.0 Å². The topological polar surface area (TPSA) is 80.5 Å². The highest BCUT2D eigenvalue weighted by atomic mass is 32.2. The van der Waals surface area contributed by atoms with Crippen molar-refractivity contribution >= 4 is 17.7 Å². The maximum absolute atomic E-state index is 13.2. The molecule has 3 heterocycles. The fourth-order valence-corrected chi connectivity index (χ4v) is 4.24. The van der Waals surface area contributed by atoms with Crippen LogP contribution in [0, 0.1) is 0 Å². The molecule has 1 aromatic carbocycles. The van der Waals surface area contributed by atoms with E-state index in [0.717, 1.165) is 16.9 Å². The smallest absolute Gasteiger partial charge is 0.257 e. The molecule has 162 valence electrons. The molecule has 0 bridgehead atoms. The van der Waals surface area contributed by atoms with E-state index in [2.05, 4.69) is 10.1 Å². The van der Waals surface area contributed by atoms with Gasteiger partial charge in [0.05, 0.1) is 17.7 Å². The predicted molar refractivity (Wildman–Crippen MR) is 119 cm³/mol. The van der Waals surface area contributed by atoms with Gasteiger partial charge in [-0.05, 0) is 55.5 Å². The molecule has 8 heteroatoms. The average molecular weight is 439 g/mol. The summed E-state index contributed by atoms with van der Waals surface area (Å²) >= 11 is 1.46. The van der Waals surface area contributed by atoms with Gasteiger partial charge in [-0.15, -0.1) is 11.8 Å². The molecule has 1 aliphatic rings. The van der Waals surface area contributed by atoms with E-state index in [-0.39, 0.29) is 5.91 Å². The Morgan fingerprint density at radius 3 is 2.94 bits per heavy atom. The summed E-state index contributed by atoms with van der Waals surface area (Å²) in [4.78, 5) is 19.3. The van der Waals surface area contributed by atoms with Crippen LogP contribution in [-0.4, -0.2) is 50.1 Å². The van der Waals surface area contributed by atoms with Crippen molar-refractivity contribution in [3.8, 4) is 5.75 Å². The third-order valence-corrected chi connectivity index (χ3v) is 6.24. The Kier molecular flexibility index (Phi) is 6.29. The number of pyridine rings is 1. The van der Waals surface area contributed by atoms with Gasteiger partial charge in [0, 0.05) is 37.2 Å². The summed E-state index contributed by atoms with van der Waals surface area (Å²) in [5, 5.41) is 16.0. The van der Waals surface area contributed by atoms with Crippen LogP contribution in [0.4, 0.5) is 0 Å². The van der Waals surface area contributed by atoms with Crippen molar-refractivity contribution in [1.29, 1.82) is 0 Å². The van der Waals surface area contributed by atoms with Crippen LogP contribution in [0.15, 0.2) is 60.0 Å². The van der Waals surface area contributed by atoms with Crippen LogP contribution >= 0.6 is 11.8 Å². The number of aryl methyl sites for hydroxylation is 1. The number of carbonyl (C=O) groups is 1. The molecule has 2 aromatic heterocycles. The minimum Gasteiger partial charge on any atom is -0.491 e. The Morgan fingerprint density at radius 2 is 2.16 bits per heavy atom. The molecular formula is C23H26N4O3S. The minimum absolute atomic E-state index is 0.0651. The fourth-order valence-electron chi connectivity index (χ4n) is 3.70. The zero-order valence-electron chi connectivity index (χ0n) is 17.7. The number of thioether (sulfide) groups is 1. The van der Waals surface area contributed by atoms with Crippen LogP contribution < -0.4 is 4.74 Å². The predicted octanol–water partition coefficient (Wildman–Crippen LogP) is 3.33. The zero-order valence-corrected chi connectivity index (χ0v) is 18.5. The van der Waals surface area contributed by atoms with Gasteiger partial charge in [-0.3, -0.25) is 9.48 Å². The summed E-state index contributed by atoms with van der Waals surface area (Å²) in [7, 11) is 0. The third kappa shape index (κ3) is 4.75. The number of benzene rings is 1. The van der Waals surface area contributed by atoms with Gasteiger partial charge < -0.3 is 14.7 Å². The first-order valence-corrected chi connectivity index (χ1v) is 11.4. The van der Waals surface area contributed by atoms with Crippen molar-refractivity contribution in [2.75, 3.05) is 19.4 Å². The van der Waals surface area contributed by atoms with Crippen LogP contribution in [0.25, 0.3) is 0 Å². The van der Waals surface area contributed by atoms with Gasteiger partial charge in [0.25, 0.3) is 5.91 Å². The van der Waals surface area contributed by atoms with Crippen molar-refractivity contribution in [2.24, 2.45) is 0 Å². The van der Waals surface area contributed by atoms with Gasteiger partial charge in [-0.25, -0.2) is 4.98 Å². The second-order valence-electron chi connectivity index (χ2n) is 7.75. The van der Waals surface area contributed by atoms with E-state index in [1.807, 2.05) is 42.8 Å². The highest BCUT2D eigenvalue weighted by molar-refractivity contribution is 7.98. The molecule has 1 amide bonds. The molecular weight excluding hydrogens is 412 g/mol. The molecule has 1 atom stereocenters. The van der Waals surface area contributed by atoms with Gasteiger partial charge in [0.1, 0.15) is 17.4 Å². The summed E-state index contributed by atoms with van der Waals surface area (Å²) < 4.78 is 7.70. The number of fused-ring (bicyclic) bond motifs is 1. The van der Waals surface area contributed by atoms with Crippen LogP contribution in [0.1, 0.15) is 34.8 Å². The maximum Gasteiger partial charge on any atom is 0.257 e. The zero-order chi connectivity index (χ0) is 21.8. The molecule has 0 fully saturated rings. The van der Waals surface area contributed by atoms with E-state index in [0.29, 0.717) is 43.3 Å². The molecule has 31 heavy (non-hydrogen) atoms. The number of ether oxygens (including phenoxy) is 1. The van der Waals surface area contributed by atoms with Crippen molar-refractivity contribution in [3.63, 3.8) is 0 Å². The largest absolute Gasteiger partial charge is 0.491 e. The third-order valence-electron chi connectivity index (χ3n) is 5.53. The molecule has 3 aromatic rings. The maximum atomic E-state index is 13.2. The van der Waals surface area contributed by atoms with Crippen LogP contribution in [-0.2, 0) is 18.7 Å². The SMILES string of the molecule is CSc1ncccc1C(=O)N1CCOc2ccc(C(C)(O)CCn3cccn3)cc2C1. The molecule has 7 nitrogen and oxygen atoms in total. The Labute approximate surface area is 186 Å². The van der Waals surface area contributed by atoms with Crippen molar-refractivity contribution in [2.45, 2.75) is 37.1 Å². The molecule has 0 saturated carbocycles. The number of hydrogen-bond acceptors (Lipinski definition) is 6. The first-order chi connectivity index (χ1) is 15.0. The number of hydrogen-bond donors (Lipinski definition) is 1. The summed E-state index contributed by atoms with van der Waals surface area (Å²) in [6.45, 7) is 3.74. The standard InChI is InChI=1S/C23H26N4O3S/c1-23(29,8-12-27-11-4-10-25-27)18-6-7-20-17(15-18)16-26(13-14-30-20)22(28)19-5-3-9-24-21(19)31-2/h3-7,9-11,15,29H,8,12-14,16H2,1-2H3. The van der Waals surface area contributed by atoms with Gasteiger partial charge in [0.2, 0.25) is 0 Å². The summed E-state index contributed by atoms with van der Waals surface area (Å²) in [5.74, 6) is 0.683. The van der Waals surface area contributed by atoms with Gasteiger partial charge >= 0.3 is 0 Å². The Morgan fingerprint density at radius 1 is 1.29 bits per heavy atom. The molecule has 0 radical (unpaired) electrons. The van der Waals surface area contributed by atoms with E-state index >= 15 is 0 Å². The first kappa shape index (κ1) is 21.4. The van der Waals surface area contributed by atoms with Crippen molar-refractivity contribution in [1.82, 2.24) is 19.7 Å². The normalized spacial score (nSPS) is 15.5. The first-order valence-electron chi connectivity index (χ1n) is 10.2. The van der Waals surface area contributed by atoms with Gasteiger partial charge in [-0.1, -0.05) is 6.07 Å². The van der Waals surface area contributed by atoms with E-state index in [9.17, 15) is 9.90 Å². The Balaban J connectivity index is 1.55. The lowest BCUT2D eigenvalue weighted by molar-refractivity contribution is 0.0419. The number of carbonyl (C=O) groups excluding carboxylic acids is 1. The average Bonchev–Trinajstić information content (AvgIpc) is 3.22. The Bertz CT molecular complexity index is 1050. The number of nitrogens with zero attached hydrogens (tertiary/aromatic N) is 4. The summed E-state index contributed by atoms with van der Waals surface area (Å²) in [6.07, 6.45) is 7.73. The molecule has 1 N–H and O–H groups in total.